The number of benzene rings is 1. The van der Waals surface area contributed by atoms with E-state index < -0.39 is 0 Å². The molecule has 0 aromatic heterocycles. The third-order valence-corrected chi connectivity index (χ3v) is 4.05. The van der Waals surface area contributed by atoms with Crippen LogP contribution in [-0.2, 0) is 6.42 Å². The Hall–Kier alpha value is -0.340. The molecule has 1 saturated heterocycles. The minimum Gasteiger partial charge on any atom is -0.316 e. The van der Waals surface area contributed by atoms with E-state index >= 15 is 0 Å². The Balaban J connectivity index is 2.13. The van der Waals surface area contributed by atoms with Crippen LogP contribution in [0.2, 0.25) is 0 Å². The van der Waals surface area contributed by atoms with E-state index in [0.717, 1.165) is 0 Å². The van der Waals surface area contributed by atoms with E-state index in [1.165, 1.54) is 36.0 Å². The van der Waals surface area contributed by atoms with Crippen molar-refractivity contribution in [2.75, 3.05) is 13.1 Å². The third-order valence-electron chi connectivity index (χ3n) is 3.27. The first-order valence-corrected chi connectivity index (χ1v) is 5.99. The third kappa shape index (κ3) is 1.86. The van der Waals surface area contributed by atoms with Crippen molar-refractivity contribution >= 4 is 15.9 Å². The molecule has 1 fully saturated rings. The summed E-state index contributed by atoms with van der Waals surface area (Å²) >= 11 is 3.61. The number of nitrogens with one attached hydrogen (secondary N) is 1. The molecule has 2 rings (SSSR count). The number of hydrogen-bond donors (Lipinski definition) is 1. The average molecular weight is 254 g/mol. The summed E-state index contributed by atoms with van der Waals surface area (Å²) in [5, 5.41) is 3.38. The van der Waals surface area contributed by atoms with Gasteiger partial charge in [0.25, 0.3) is 0 Å². The van der Waals surface area contributed by atoms with Gasteiger partial charge >= 0.3 is 0 Å². The summed E-state index contributed by atoms with van der Waals surface area (Å²) in [5.41, 5.74) is 1.96. The Morgan fingerprint density at radius 2 is 2.07 bits per heavy atom. The van der Waals surface area contributed by atoms with Crippen molar-refractivity contribution in [3.8, 4) is 0 Å². The molecule has 0 spiro atoms. The van der Waals surface area contributed by atoms with E-state index in [4.69, 9.17) is 0 Å². The van der Waals surface area contributed by atoms with Crippen LogP contribution in [0, 0.1) is 5.41 Å². The monoisotopic (exact) mass is 253 g/mol. The molecule has 0 radical (unpaired) electrons. The van der Waals surface area contributed by atoms with Gasteiger partial charge in [0.05, 0.1) is 0 Å². The van der Waals surface area contributed by atoms with Crippen LogP contribution < -0.4 is 5.32 Å². The summed E-state index contributed by atoms with van der Waals surface area (Å²) in [6, 6.07) is 8.55. The highest BCUT2D eigenvalue weighted by molar-refractivity contribution is 9.10. The fraction of sp³-hybridized carbons (Fsp3) is 0.500. The van der Waals surface area contributed by atoms with Gasteiger partial charge in [0.2, 0.25) is 0 Å². The number of halogens is 1. The second-order valence-corrected chi connectivity index (χ2v) is 5.08. The zero-order valence-electron chi connectivity index (χ0n) is 8.52. The second kappa shape index (κ2) is 4.03. The van der Waals surface area contributed by atoms with Crippen LogP contribution in [0.25, 0.3) is 0 Å². The zero-order chi connectivity index (χ0) is 10.0. The molecular weight excluding hydrogens is 238 g/mol. The molecule has 76 valence electrons. The molecule has 0 unspecified atom stereocenters. The molecule has 1 aliphatic rings. The molecule has 2 heteroatoms. The largest absolute Gasteiger partial charge is 0.316 e. The summed E-state index contributed by atoms with van der Waals surface area (Å²) in [6.45, 7) is 4.63. The van der Waals surface area contributed by atoms with Gasteiger partial charge in [-0.15, -0.1) is 0 Å². The average Bonchev–Trinajstić information content (AvgIpc) is 2.14. The van der Waals surface area contributed by atoms with Crippen LogP contribution in [0.4, 0.5) is 0 Å². The fourth-order valence-electron chi connectivity index (χ4n) is 2.02. The van der Waals surface area contributed by atoms with Crippen LogP contribution >= 0.6 is 15.9 Å². The maximum absolute atomic E-state index is 3.61. The Bertz CT molecular complexity index is 312. The lowest BCUT2D eigenvalue weighted by Crippen LogP contribution is -2.54. The van der Waals surface area contributed by atoms with Crippen molar-refractivity contribution in [2.24, 2.45) is 5.41 Å². The molecule has 0 bridgehead atoms. The van der Waals surface area contributed by atoms with Gasteiger partial charge in [-0.05, 0) is 29.9 Å². The molecule has 1 nitrogen and oxygen atoms in total. The molecule has 14 heavy (non-hydrogen) atoms. The highest BCUT2D eigenvalue weighted by Crippen LogP contribution is 2.33. The molecule has 0 aliphatic carbocycles. The predicted molar refractivity (Wildman–Crippen MR) is 63.4 cm³/mol. The molecule has 1 aromatic carbocycles. The highest BCUT2D eigenvalue weighted by Gasteiger charge is 2.35. The van der Waals surface area contributed by atoms with E-state index in [9.17, 15) is 0 Å². The Morgan fingerprint density at radius 3 is 2.57 bits per heavy atom. The highest BCUT2D eigenvalue weighted by atomic mass is 79.9. The van der Waals surface area contributed by atoms with Crippen molar-refractivity contribution in [3.05, 3.63) is 34.3 Å². The van der Waals surface area contributed by atoms with E-state index in [1.807, 2.05) is 0 Å². The van der Waals surface area contributed by atoms with E-state index in [1.54, 1.807) is 0 Å². The van der Waals surface area contributed by atoms with Crippen LogP contribution in [0.1, 0.15) is 18.9 Å². The molecule has 1 aromatic rings. The summed E-state index contributed by atoms with van der Waals surface area (Å²) in [7, 11) is 0. The molecule has 1 heterocycles. The van der Waals surface area contributed by atoms with Crippen LogP contribution in [0.5, 0.6) is 0 Å². The van der Waals surface area contributed by atoms with Gasteiger partial charge in [0.15, 0.2) is 0 Å². The van der Waals surface area contributed by atoms with E-state index in [2.05, 4.69) is 52.4 Å². The van der Waals surface area contributed by atoms with Crippen molar-refractivity contribution in [1.82, 2.24) is 5.32 Å². The smallest absolute Gasteiger partial charge is 0.0207 e. The van der Waals surface area contributed by atoms with Gasteiger partial charge in [-0.1, -0.05) is 41.1 Å². The molecule has 0 saturated carbocycles. The lowest BCUT2D eigenvalue weighted by Gasteiger charge is -2.42. The topological polar surface area (TPSA) is 12.0 Å². The molecule has 0 amide bonds. The van der Waals surface area contributed by atoms with Crippen LogP contribution in [0.3, 0.4) is 0 Å². The number of hydrogen-bond acceptors (Lipinski definition) is 1. The minimum absolute atomic E-state index is 0.518. The van der Waals surface area contributed by atoms with E-state index in [0.29, 0.717) is 5.41 Å². The van der Waals surface area contributed by atoms with Gasteiger partial charge < -0.3 is 5.32 Å². The standard InChI is InChI=1S/C12H16BrN/c1-2-12(8-14-9-12)7-10-5-3-4-6-11(10)13/h3-6,14H,2,7-9H2,1H3. The van der Waals surface area contributed by atoms with Gasteiger partial charge in [0, 0.05) is 17.6 Å². The molecule has 1 aliphatic heterocycles. The summed E-state index contributed by atoms with van der Waals surface area (Å²) in [4.78, 5) is 0. The first kappa shape index (κ1) is 10.2. The summed E-state index contributed by atoms with van der Waals surface area (Å²) in [5.74, 6) is 0. The van der Waals surface area contributed by atoms with Crippen molar-refractivity contribution in [2.45, 2.75) is 19.8 Å². The van der Waals surface area contributed by atoms with Gasteiger partial charge in [-0.3, -0.25) is 0 Å². The maximum Gasteiger partial charge on any atom is 0.0207 e. The quantitative estimate of drug-likeness (QED) is 0.874. The molecule has 0 atom stereocenters. The van der Waals surface area contributed by atoms with Gasteiger partial charge in [-0.25, -0.2) is 0 Å². The van der Waals surface area contributed by atoms with Crippen molar-refractivity contribution in [3.63, 3.8) is 0 Å². The lowest BCUT2D eigenvalue weighted by atomic mass is 9.74. The lowest BCUT2D eigenvalue weighted by molar-refractivity contribution is 0.160. The molecular formula is C12H16BrN. The molecule has 1 N–H and O–H groups in total. The van der Waals surface area contributed by atoms with Gasteiger partial charge in [0.1, 0.15) is 0 Å². The first-order valence-electron chi connectivity index (χ1n) is 5.20. The predicted octanol–water partition coefficient (Wildman–Crippen LogP) is 2.99. The normalized spacial score (nSPS) is 19.0. The zero-order valence-corrected chi connectivity index (χ0v) is 10.1. The summed E-state index contributed by atoms with van der Waals surface area (Å²) in [6.07, 6.45) is 2.46. The number of rotatable bonds is 3. The van der Waals surface area contributed by atoms with Crippen molar-refractivity contribution in [1.29, 1.82) is 0 Å². The Kier molecular flexibility index (Phi) is 2.93. The SMILES string of the molecule is CCC1(Cc2ccccc2Br)CNC1. The minimum atomic E-state index is 0.518. The maximum atomic E-state index is 3.61. The first-order chi connectivity index (χ1) is 6.76. The van der Waals surface area contributed by atoms with Gasteiger partial charge in [-0.2, -0.15) is 0 Å². The van der Waals surface area contributed by atoms with Crippen molar-refractivity contribution < 1.29 is 0 Å². The van der Waals surface area contributed by atoms with Crippen LogP contribution in [0.15, 0.2) is 28.7 Å². The Morgan fingerprint density at radius 1 is 1.36 bits per heavy atom. The fourth-order valence-corrected chi connectivity index (χ4v) is 2.45. The van der Waals surface area contributed by atoms with E-state index in [-0.39, 0.29) is 0 Å². The summed E-state index contributed by atoms with van der Waals surface area (Å²) < 4.78 is 1.25. The Labute approximate surface area is 94.0 Å². The van der Waals surface area contributed by atoms with Crippen LogP contribution in [-0.4, -0.2) is 13.1 Å². The second-order valence-electron chi connectivity index (χ2n) is 4.23.